The topological polar surface area (TPSA) is 44.1 Å². The van der Waals surface area contributed by atoms with Crippen molar-refractivity contribution in [1.82, 2.24) is 0 Å². The minimum Gasteiger partial charge on any atom is -0.367 e. The zero-order valence-electron chi connectivity index (χ0n) is 11.4. The van der Waals surface area contributed by atoms with Crippen molar-refractivity contribution in [1.29, 1.82) is 5.26 Å². The van der Waals surface area contributed by atoms with E-state index in [1.165, 1.54) is 19.3 Å². The molecule has 0 bridgehead atoms. The van der Waals surface area contributed by atoms with Gasteiger partial charge in [0.1, 0.15) is 0 Å². The molecule has 3 heteroatoms. The lowest BCUT2D eigenvalue weighted by molar-refractivity contribution is -0.122. The van der Waals surface area contributed by atoms with Crippen molar-refractivity contribution in [2.45, 2.75) is 32.1 Å². The summed E-state index contributed by atoms with van der Waals surface area (Å²) in [6.07, 6.45) is 5.73. The van der Waals surface area contributed by atoms with Gasteiger partial charge in [-0.1, -0.05) is 25.3 Å². The fraction of sp³-hybridized carbons (Fsp3) is 0.500. The van der Waals surface area contributed by atoms with Gasteiger partial charge >= 0.3 is 0 Å². The fourth-order valence-corrected chi connectivity index (χ4v) is 2.69. The molecule has 1 aliphatic carbocycles. The molecule has 1 aromatic carbocycles. The van der Waals surface area contributed by atoms with Crippen molar-refractivity contribution < 1.29 is 4.79 Å². The van der Waals surface area contributed by atoms with Crippen LogP contribution < -0.4 is 4.90 Å². The predicted octanol–water partition coefficient (Wildman–Crippen LogP) is 3.14. The van der Waals surface area contributed by atoms with Crippen molar-refractivity contribution in [2.75, 3.05) is 18.5 Å². The molecule has 19 heavy (non-hydrogen) atoms. The molecule has 0 aliphatic heterocycles. The number of rotatable bonds is 4. The monoisotopic (exact) mass is 256 g/mol. The number of hydrogen-bond acceptors (Lipinski definition) is 3. The second kappa shape index (κ2) is 6.38. The van der Waals surface area contributed by atoms with Crippen LogP contribution in [0.1, 0.15) is 37.7 Å². The van der Waals surface area contributed by atoms with Crippen LogP contribution in [-0.4, -0.2) is 19.4 Å². The highest BCUT2D eigenvalue weighted by atomic mass is 16.1. The second-order valence-corrected chi connectivity index (χ2v) is 5.32. The average molecular weight is 256 g/mol. The zero-order chi connectivity index (χ0) is 13.7. The molecular formula is C16H20N2O. The second-order valence-electron chi connectivity index (χ2n) is 5.32. The molecule has 0 heterocycles. The van der Waals surface area contributed by atoms with Gasteiger partial charge in [0.05, 0.1) is 18.2 Å². The first kappa shape index (κ1) is 13.6. The van der Waals surface area contributed by atoms with Gasteiger partial charge in [0.25, 0.3) is 0 Å². The lowest BCUT2D eigenvalue weighted by atomic mass is 9.86. The van der Waals surface area contributed by atoms with Crippen LogP contribution in [0.15, 0.2) is 24.3 Å². The maximum Gasteiger partial charge on any atom is 0.155 e. The summed E-state index contributed by atoms with van der Waals surface area (Å²) in [5.74, 6) is 0.583. The summed E-state index contributed by atoms with van der Waals surface area (Å²) in [4.78, 5) is 14.2. The summed E-state index contributed by atoms with van der Waals surface area (Å²) in [6, 6.07) is 9.53. The molecule has 0 N–H and O–H groups in total. The summed E-state index contributed by atoms with van der Waals surface area (Å²) < 4.78 is 0. The van der Waals surface area contributed by atoms with E-state index in [4.69, 9.17) is 5.26 Å². The molecule has 100 valence electrons. The number of carbonyl (C=O) groups excluding carboxylic acids is 1. The number of carbonyl (C=O) groups is 1. The third-order valence-electron chi connectivity index (χ3n) is 3.87. The number of likely N-dealkylation sites (N-methyl/N-ethyl adjacent to an activating group) is 1. The SMILES string of the molecule is CN(CC(=O)C1CCCCC1)c1cccc(C#N)c1. The maximum atomic E-state index is 12.2. The van der Waals surface area contributed by atoms with Gasteiger partial charge in [0.2, 0.25) is 0 Å². The summed E-state index contributed by atoms with van der Waals surface area (Å²) in [5, 5.41) is 8.89. The van der Waals surface area contributed by atoms with Crippen LogP contribution in [0.4, 0.5) is 5.69 Å². The van der Waals surface area contributed by atoms with Gasteiger partial charge in [-0.2, -0.15) is 5.26 Å². The Morgan fingerprint density at radius 1 is 1.37 bits per heavy atom. The number of anilines is 1. The molecule has 0 aromatic heterocycles. The van der Waals surface area contributed by atoms with Crippen LogP contribution in [0.3, 0.4) is 0 Å². The molecule has 0 amide bonds. The Hall–Kier alpha value is -1.82. The van der Waals surface area contributed by atoms with Crippen LogP contribution in [0.5, 0.6) is 0 Å². The van der Waals surface area contributed by atoms with Crippen LogP contribution in [-0.2, 0) is 4.79 Å². The van der Waals surface area contributed by atoms with E-state index in [0.29, 0.717) is 17.9 Å². The molecule has 3 nitrogen and oxygen atoms in total. The van der Waals surface area contributed by atoms with Crippen molar-refractivity contribution in [3.05, 3.63) is 29.8 Å². The summed E-state index contributed by atoms with van der Waals surface area (Å²) >= 11 is 0. The standard InChI is InChI=1S/C16H20N2O/c1-18(15-9-5-6-13(10-15)11-17)12-16(19)14-7-3-2-4-8-14/h5-6,9-10,14H,2-4,7-8,12H2,1H3. The Kier molecular flexibility index (Phi) is 4.57. The Bertz CT molecular complexity index is 484. The van der Waals surface area contributed by atoms with Crippen LogP contribution in [0.25, 0.3) is 0 Å². The van der Waals surface area contributed by atoms with E-state index in [-0.39, 0.29) is 5.92 Å². The van der Waals surface area contributed by atoms with Crippen LogP contribution >= 0.6 is 0 Å². The smallest absolute Gasteiger partial charge is 0.155 e. The Morgan fingerprint density at radius 3 is 2.79 bits per heavy atom. The van der Waals surface area contributed by atoms with Gasteiger partial charge in [-0.15, -0.1) is 0 Å². The Balaban J connectivity index is 1.97. The third kappa shape index (κ3) is 3.57. The number of benzene rings is 1. The quantitative estimate of drug-likeness (QED) is 0.831. The fourth-order valence-electron chi connectivity index (χ4n) is 2.69. The lowest BCUT2D eigenvalue weighted by Crippen LogP contribution is -2.31. The van der Waals surface area contributed by atoms with Gasteiger partial charge in [-0.3, -0.25) is 4.79 Å². The van der Waals surface area contributed by atoms with E-state index in [1.54, 1.807) is 6.07 Å². The summed E-state index contributed by atoms with van der Waals surface area (Å²) in [5.41, 5.74) is 1.57. The van der Waals surface area contributed by atoms with Gasteiger partial charge in [-0.05, 0) is 31.0 Å². The lowest BCUT2D eigenvalue weighted by Gasteiger charge is -2.24. The highest BCUT2D eigenvalue weighted by molar-refractivity contribution is 5.85. The minimum absolute atomic E-state index is 0.246. The van der Waals surface area contributed by atoms with Gasteiger partial charge < -0.3 is 4.90 Å². The van der Waals surface area contributed by atoms with Crippen LogP contribution in [0, 0.1) is 17.2 Å². The molecule has 1 aromatic rings. The first-order valence-corrected chi connectivity index (χ1v) is 6.94. The molecule has 1 fully saturated rings. The molecule has 0 spiro atoms. The van der Waals surface area contributed by atoms with Gasteiger partial charge in [0, 0.05) is 18.7 Å². The highest BCUT2D eigenvalue weighted by Gasteiger charge is 2.22. The Labute approximate surface area is 114 Å². The highest BCUT2D eigenvalue weighted by Crippen LogP contribution is 2.25. The van der Waals surface area contributed by atoms with E-state index < -0.39 is 0 Å². The van der Waals surface area contributed by atoms with E-state index in [9.17, 15) is 4.79 Å². The molecule has 0 saturated heterocycles. The van der Waals surface area contributed by atoms with Crippen molar-refractivity contribution >= 4 is 11.5 Å². The number of hydrogen-bond donors (Lipinski definition) is 0. The van der Waals surface area contributed by atoms with Crippen molar-refractivity contribution in [3.8, 4) is 6.07 Å². The predicted molar refractivity (Wildman–Crippen MR) is 76.0 cm³/mol. The molecule has 2 rings (SSSR count). The van der Waals surface area contributed by atoms with Crippen LogP contribution in [0.2, 0.25) is 0 Å². The first-order valence-electron chi connectivity index (χ1n) is 6.94. The number of nitriles is 1. The normalized spacial score (nSPS) is 15.8. The summed E-state index contributed by atoms with van der Waals surface area (Å²) in [6.45, 7) is 0.444. The molecule has 0 unspecified atom stereocenters. The van der Waals surface area contributed by atoms with E-state index in [1.807, 2.05) is 30.1 Å². The molecule has 1 saturated carbocycles. The largest absolute Gasteiger partial charge is 0.367 e. The van der Waals surface area contributed by atoms with E-state index >= 15 is 0 Å². The van der Waals surface area contributed by atoms with Crippen molar-refractivity contribution in [3.63, 3.8) is 0 Å². The molecule has 0 atom stereocenters. The molecule has 0 radical (unpaired) electrons. The van der Waals surface area contributed by atoms with Gasteiger partial charge in [-0.25, -0.2) is 0 Å². The molecule has 1 aliphatic rings. The first-order chi connectivity index (χ1) is 9.20. The number of ketones is 1. The van der Waals surface area contributed by atoms with E-state index in [2.05, 4.69) is 6.07 Å². The van der Waals surface area contributed by atoms with Gasteiger partial charge in [0.15, 0.2) is 5.78 Å². The zero-order valence-corrected chi connectivity index (χ0v) is 11.4. The van der Waals surface area contributed by atoms with Crippen molar-refractivity contribution in [2.24, 2.45) is 5.92 Å². The Morgan fingerprint density at radius 2 is 2.11 bits per heavy atom. The average Bonchev–Trinajstić information content (AvgIpc) is 2.48. The third-order valence-corrected chi connectivity index (χ3v) is 3.87. The maximum absolute atomic E-state index is 12.2. The summed E-state index contributed by atoms with van der Waals surface area (Å²) in [7, 11) is 1.91. The number of nitrogens with zero attached hydrogens (tertiary/aromatic N) is 2. The minimum atomic E-state index is 0.246. The molecular weight excluding hydrogens is 236 g/mol. The van der Waals surface area contributed by atoms with E-state index in [0.717, 1.165) is 18.5 Å². The number of Topliss-reactive ketones (excluding diaryl/α,β-unsaturated/α-hetero) is 1.